The summed E-state index contributed by atoms with van der Waals surface area (Å²) in [7, 11) is 5.36. The van der Waals surface area contributed by atoms with Crippen LogP contribution in [0.4, 0.5) is 0 Å². The third kappa shape index (κ3) is 4.44. The highest BCUT2D eigenvalue weighted by Gasteiger charge is 3.16. The minimum atomic E-state index is -1.15. The number of rotatable bonds is 7. The van der Waals surface area contributed by atoms with Crippen molar-refractivity contribution in [3.63, 3.8) is 0 Å². The second kappa shape index (κ2) is 11.3. The highest BCUT2D eigenvalue weighted by Crippen LogP contribution is 3.02. The van der Waals surface area contributed by atoms with Gasteiger partial charge in [-0.3, -0.25) is 19.2 Å². The Bertz CT molecular complexity index is 1400. The molecule has 6 rings (SSSR count). The zero-order valence-corrected chi connectivity index (χ0v) is 30.2. The maximum Gasteiger partial charge on any atom is 0.316 e. The van der Waals surface area contributed by atoms with Crippen LogP contribution in [-0.4, -0.2) is 109 Å². The number of Topliss-reactive ketones (excluding diaryl/α,β-unsaturated/α-hetero) is 1. The summed E-state index contributed by atoms with van der Waals surface area (Å²) in [6.45, 7) is 18.3. The lowest BCUT2D eigenvalue weighted by Gasteiger charge is -2.47. The van der Waals surface area contributed by atoms with Crippen molar-refractivity contribution < 1.29 is 52.3 Å². The van der Waals surface area contributed by atoms with Crippen LogP contribution in [0.3, 0.4) is 0 Å². The van der Waals surface area contributed by atoms with Gasteiger partial charge < -0.3 is 38.1 Å². The van der Waals surface area contributed by atoms with E-state index in [1.54, 1.807) is 20.1 Å². The second-order valence-corrected chi connectivity index (χ2v) is 15.8. The Balaban J connectivity index is 1.41. The average Bonchev–Trinajstić information content (AvgIpc) is 3.96. The Labute approximate surface area is 283 Å². The van der Waals surface area contributed by atoms with Gasteiger partial charge in [-0.25, -0.2) is 0 Å². The number of hydrogen-bond donors (Lipinski definition) is 0. The summed E-state index contributed by atoms with van der Waals surface area (Å²) >= 11 is 0. The van der Waals surface area contributed by atoms with E-state index in [-0.39, 0.29) is 35.9 Å². The summed E-state index contributed by atoms with van der Waals surface area (Å²) in [5.41, 5.74) is -4.59. The Hall–Kier alpha value is -2.38. The molecule has 2 unspecified atom stereocenters. The van der Waals surface area contributed by atoms with E-state index in [1.165, 1.54) is 13.8 Å². The maximum atomic E-state index is 14.3. The predicted molar refractivity (Wildman–Crippen MR) is 170 cm³/mol. The lowest BCUT2D eigenvalue weighted by molar-refractivity contribution is -0.298. The van der Waals surface area contributed by atoms with Gasteiger partial charge in [0, 0.05) is 31.8 Å². The highest BCUT2D eigenvalue weighted by atomic mass is 16.7. The number of likely N-dealkylation sites (N-methyl/N-ethyl adjacent to an activating group) is 1. The molecule has 0 aromatic carbocycles. The molecule has 16 atom stereocenters. The van der Waals surface area contributed by atoms with Crippen LogP contribution in [0.1, 0.15) is 74.7 Å². The first-order chi connectivity index (χ1) is 22.4. The van der Waals surface area contributed by atoms with Gasteiger partial charge in [0.25, 0.3) is 0 Å². The first-order valence-corrected chi connectivity index (χ1v) is 17.4. The molecule has 0 aromatic rings. The first kappa shape index (κ1) is 35.4. The monoisotopic (exact) mass is 675 g/mol. The Morgan fingerprint density at radius 3 is 2.31 bits per heavy atom. The zero-order chi connectivity index (χ0) is 35.5. The molecule has 12 nitrogen and oxygen atoms in total. The SMILES string of the molecule is C=C[C@@]12O[C@]13C1[C@H]4C13C(=O)O[C@]4(C)[C@@H](CC)OC(=O)[C@H](C)C(=O)[C@H](C)[C@@H](O[C@@H]1O[C@H](C)C[C@H](N(C)C)[C@H]1OC(C)=O)[C@](C)(OC)C[C@H]2C. The number of esters is 3. The predicted octanol–water partition coefficient (Wildman–Crippen LogP) is 3.23. The van der Waals surface area contributed by atoms with E-state index in [2.05, 4.69) is 6.58 Å². The fraction of sp³-hybridized carbons (Fsp3) is 0.833. The Morgan fingerprint density at radius 2 is 1.77 bits per heavy atom. The van der Waals surface area contributed by atoms with Crippen LogP contribution in [0, 0.1) is 35.0 Å². The van der Waals surface area contributed by atoms with Crippen LogP contribution in [0.5, 0.6) is 0 Å². The van der Waals surface area contributed by atoms with Crippen molar-refractivity contribution in [3.8, 4) is 0 Å². The van der Waals surface area contributed by atoms with E-state index in [0.29, 0.717) is 19.3 Å². The molecular weight excluding hydrogens is 622 g/mol. The Morgan fingerprint density at radius 1 is 1.10 bits per heavy atom. The van der Waals surface area contributed by atoms with Gasteiger partial charge >= 0.3 is 17.9 Å². The topological polar surface area (TPSA) is 139 Å². The standard InChI is InChI=1S/C36H53NO11/c1-13-23-33(9)26-27-35(26,31(41)47-33)36(27)34(14-2,48-36)17(3)16-32(8,42-12)28(19(5)24(39)20(6)29(40)45-23)46-30-25(44-21(7)38)22(37(10)11)15-18(4)43-30/h14,17-20,22-23,25-28,30H,2,13,15-16H2,1,3-12H3/t17-,18-,19+,20-,22+,23-,25-,26-,27?,28-,30+,32-,33-,34+,35?,36-/m1/s1. The van der Waals surface area contributed by atoms with Crippen LogP contribution in [0.25, 0.3) is 0 Å². The number of methoxy groups -OCH3 is 1. The molecule has 2 saturated carbocycles. The van der Waals surface area contributed by atoms with Crippen LogP contribution < -0.4 is 0 Å². The van der Waals surface area contributed by atoms with Crippen molar-refractivity contribution in [2.45, 2.75) is 134 Å². The van der Waals surface area contributed by atoms with E-state index in [0.717, 1.165) is 0 Å². The van der Waals surface area contributed by atoms with Crippen molar-refractivity contribution in [3.05, 3.63) is 12.7 Å². The van der Waals surface area contributed by atoms with E-state index >= 15 is 0 Å². The van der Waals surface area contributed by atoms with Crippen LogP contribution >= 0.6 is 0 Å². The maximum absolute atomic E-state index is 14.3. The third-order valence-electron chi connectivity index (χ3n) is 12.9. The van der Waals surface area contributed by atoms with Crippen molar-refractivity contribution >= 4 is 23.7 Å². The van der Waals surface area contributed by atoms with Gasteiger partial charge in [0.15, 0.2) is 23.8 Å². The summed E-state index contributed by atoms with van der Waals surface area (Å²) in [5, 5.41) is 0. The molecule has 268 valence electrons. The molecule has 2 aliphatic carbocycles. The van der Waals surface area contributed by atoms with Crippen LogP contribution in [0.15, 0.2) is 12.7 Å². The number of epoxide rings is 1. The summed E-state index contributed by atoms with van der Waals surface area (Å²) in [6, 6.07) is -0.224. The van der Waals surface area contributed by atoms with Crippen molar-refractivity contribution in [1.82, 2.24) is 4.90 Å². The minimum Gasteiger partial charge on any atom is -0.458 e. The number of carbonyl (C=O) groups excluding carboxylic acids is 4. The molecule has 48 heavy (non-hydrogen) atoms. The second-order valence-electron chi connectivity index (χ2n) is 15.8. The molecule has 4 heterocycles. The average molecular weight is 676 g/mol. The van der Waals surface area contributed by atoms with Gasteiger partial charge in [-0.1, -0.05) is 26.8 Å². The smallest absolute Gasteiger partial charge is 0.316 e. The van der Waals surface area contributed by atoms with Crippen LogP contribution in [0.2, 0.25) is 0 Å². The quantitative estimate of drug-likeness (QED) is 0.129. The molecule has 6 aliphatic rings. The molecule has 4 saturated heterocycles. The lowest BCUT2D eigenvalue weighted by atomic mass is 9.71. The minimum absolute atomic E-state index is 0.0852. The molecule has 6 fully saturated rings. The normalized spacial score (nSPS) is 52.6. The summed E-state index contributed by atoms with van der Waals surface area (Å²) in [5.74, 6) is -4.44. The van der Waals surface area contributed by atoms with Crippen molar-refractivity contribution in [1.29, 1.82) is 0 Å². The fourth-order valence-electron chi connectivity index (χ4n) is 10.3. The van der Waals surface area contributed by atoms with Gasteiger partial charge in [0.1, 0.15) is 28.6 Å². The van der Waals surface area contributed by atoms with E-state index < -0.39 is 82.0 Å². The van der Waals surface area contributed by atoms with Gasteiger partial charge in [0.05, 0.1) is 23.9 Å². The first-order valence-electron chi connectivity index (χ1n) is 17.4. The van der Waals surface area contributed by atoms with Gasteiger partial charge in [-0.2, -0.15) is 0 Å². The summed E-state index contributed by atoms with van der Waals surface area (Å²) in [4.78, 5) is 56.0. The fourth-order valence-corrected chi connectivity index (χ4v) is 10.3. The largest absolute Gasteiger partial charge is 0.458 e. The molecule has 0 amide bonds. The van der Waals surface area contributed by atoms with Gasteiger partial charge in [-0.05, 0) is 67.0 Å². The number of cyclic esters (lactones) is 1. The lowest BCUT2D eigenvalue weighted by Crippen LogP contribution is -2.60. The van der Waals surface area contributed by atoms with E-state index in [4.69, 9.17) is 33.2 Å². The molecule has 0 radical (unpaired) electrons. The van der Waals surface area contributed by atoms with E-state index in [9.17, 15) is 19.2 Å². The highest BCUT2D eigenvalue weighted by molar-refractivity contribution is 6.00. The van der Waals surface area contributed by atoms with E-state index in [1.807, 2.05) is 53.6 Å². The van der Waals surface area contributed by atoms with Gasteiger partial charge in [0.2, 0.25) is 0 Å². The molecule has 2 spiro atoms. The van der Waals surface area contributed by atoms with Gasteiger partial charge in [-0.15, -0.1) is 6.58 Å². The van der Waals surface area contributed by atoms with Crippen molar-refractivity contribution in [2.24, 2.45) is 35.0 Å². The van der Waals surface area contributed by atoms with Crippen LogP contribution in [-0.2, 0) is 52.3 Å². The number of hydrogen-bond acceptors (Lipinski definition) is 12. The Kier molecular flexibility index (Phi) is 8.36. The number of carbonyl (C=O) groups is 4. The third-order valence-corrected chi connectivity index (χ3v) is 12.9. The molecule has 4 aliphatic heterocycles. The number of ether oxygens (including phenoxy) is 7. The number of ketones is 1. The summed E-state index contributed by atoms with van der Waals surface area (Å²) in [6.07, 6.45) is -0.668. The molecule has 0 N–H and O–H groups in total. The molecular formula is C36H53NO11. The zero-order valence-electron chi connectivity index (χ0n) is 30.2. The summed E-state index contributed by atoms with van der Waals surface area (Å²) < 4.78 is 43.9. The number of nitrogens with zero attached hydrogens (tertiary/aromatic N) is 1. The molecule has 0 bridgehead atoms. The molecule has 0 aromatic heterocycles. The van der Waals surface area contributed by atoms with Crippen molar-refractivity contribution in [2.75, 3.05) is 21.2 Å². The molecule has 12 heteroatoms.